The maximum atomic E-state index is 15.7. The molecule has 162 valence electrons. The van der Waals surface area contributed by atoms with Crippen molar-refractivity contribution in [3.63, 3.8) is 0 Å². The van der Waals surface area contributed by atoms with Crippen molar-refractivity contribution < 1.29 is 13.9 Å². The van der Waals surface area contributed by atoms with Crippen molar-refractivity contribution in [3.8, 4) is 0 Å². The van der Waals surface area contributed by atoms with Gasteiger partial charge in [0.2, 0.25) is 0 Å². The second-order valence-electron chi connectivity index (χ2n) is 9.51. The van der Waals surface area contributed by atoms with E-state index in [9.17, 15) is 4.79 Å². The van der Waals surface area contributed by atoms with E-state index in [-0.39, 0.29) is 23.7 Å². The van der Waals surface area contributed by atoms with Crippen molar-refractivity contribution in [2.75, 3.05) is 13.1 Å². The van der Waals surface area contributed by atoms with Crippen LogP contribution in [-0.4, -0.2) is 29.7 Å². The third kappa shape index (κ3) is 6.07. The molecule has 0 unspecified atom stereocenters. The van der Waals surface area contributed by atoms with Crippen LogP contribution in [0, 0.1) is 18.7 Å². The molecule has 0 spiro atoms. The molecule has 0 bridgehead atoms. The number of rotatable bonds is 5. The average molecular weight is 404 g/mol. The molecule has 1 fully saturated rings. The summed E-state index contributed by atoms with van der Waals surface area (Å²) >= 11 is 0. The Bertz CT molecular complexity index is 738. The topological polar surface area (TPSA) is 29.5 Å². The van der Waals surface area contributed by atoms with E-state index in [0.717, 1.165) is 47.9 Å². The normalized spacial score (nSPS) is 16.4. The van der Waals surface area contributed by atoms with Crippen molar-refractivity contribution in [2.45, 2.75) is 85.7 Å². The van der Waals surface area contributed by atoms with Crippen molar-refractivity contribution in [3.05, 3.63) is 40.7 Å². The number of unbranched alkanes of at least 4 members (excludes halogenated alkanes) is 1. The van der Waals surface area contributed by atoms with Gasteiger partial charge in [-0.3, -0.25) is 0 Å². The van der Waals surface area contributed by atoms with Gasteiger partial charge in [0.25, 0.3) is 0 Å². The van der Waals surface area contributed by atoms with Crippen LogP contribution in [0.15, 0.2) is 18.2 Å². The Morgan fingerprint density at radius 1 is 1.28 bits per heavy atom. The molecule has 1 heterocycles. The van der Waals surface area contributed by atoms with Gasteiger partial charge < -0.3 is 9.64 Å². The smallest absolute Gasteiger partial charge is 0.410 e. The van der Waals surface area contributed by atoms with E-state index in [0.29, 0.717) is 13.1 Å². The number of aryl methyl sites for hydroxylation is 1. The van der Waals surface area contributed by atoms with Crippen molar-refractivity contribution in [1.82, 2.24) is 4.90 Å². The highest BCUT2D eigenvalue weighted by molar-refractivity contribution is 5.71. The first-order valence-electron chi connectivity index (χ1n) is 11.0. The van der Waals surface area contributed by atoms with Crippen LogP contribution < -0.4 is 0 Å². The first-order valence-corrected chi connectivity index (χ1v) is 11.0. The number of benzene rings is 1. The first kappa shape index (κ1) is 23.4. The molecule has 0 radical (unpaired) electrons. The van der Waals surface area contributed by atoms with Gasteiger partial charge >= 0.3 is 6.09 Å². The Hall–Kier alpha value is -1.84. The maximum Gasteiger partial charge on any atom is 0.410 e. The molecule has 1 aliphatic rings. The minimum Gasteiger partial charge on any atom is -0.444 e. The van der Waals surface area contributed by atoms with Crippen molar-refractivity contribution in [1.29, 1.82) is 0 Å². The molecular formula is C25H38FNO2. The summed E-state index contributed by atoms with van der Waals surface area (Å²) in [6.07, 6.45) is 5.46. The average Bonchev–Trinajstić information content (AvgIpc) is 2.63. The number of carbonyl (C=O) groups is 1. The number of piperidine rings is 1. The van der Waals surface area contributed by atoms with E-state index >= 15 is 4.39 Å². The van der Waals surface area contributed by atoms with Crippen LogP contribution in [0.1, 0.15) is 89.8 Å². The Labute approximate surface area is 176 Å². The zero-order valence-electron chi connectivity index (χ0n) is 19.3. The number of carbonyl (C=O) groups excluding carboxylic acids is 1. The van der Waals surface area contributed by atoms with Gasteiger partial charge in [0.1, 0.15) is 11.4 Å². The van der Waals surface area contributed by atoms with Gasteiger partial charge in [0.15, 0.2) is 0 Å². The lowest BCUT2D eigenvalue weighted by Crippen LogP contribution is -2.41. The summed E-state index contributed by atoms with van der Waals surface area (Å²) in [4.78, 5) is 14.1. The third-order valence-electron chi connectivity index (χ3n) is 5.53. The van der Waals surface area contributed by atoms with E-state index in [1.807, 2.05) is 33.8 Å². The largest absolute Gasteiger partial charge is 0.444 e. The molecular weight excluding hydrogens is 365 g/mol. The second kappa shape index (κ2) is 9.77. The van der Waals surface area contributed by atoms with Crippen molar-refractivity contribution >= 4 is 11.7 Å². The maximum absolute atomic E-state index is 15.7. The van der Waals surface area contributed by atoms with Gasteiger partial charge in [0, 0.05) is 18.7 Å². The monoisotopic (exact) mass is 403 g/mol. The molecule has 0 saturated carbocycles. The summed E-state index contributed by atoms with van der Waals surface area (Å²) in [5.74, 6) is 0.336. The highest BCUT2D eigenvalue weighted by atomic mass is 19.1. The lowest BCUT2D eigenvalue weighted by molar-refractivity contribution is 0.0204. The van der Waals surface area contributed by atoms with E-state index < -0.39 is 5.60 Å². The number of halogens is 1. The molecule has 4 heteroatoms. The van der Waals surface area contributed by atoms with Gasteiger partial charge in [-0.2, -0.15) is 0 Å². The Balaban J connectivity index is 2.22. The number of ether oxygens (including phenoxy) is 1. The summed E-state index contributed by atoms with van der Waals surface area (Å²) in [7, 11) is 0. The molecule has 2 rings (SSSR count). The van der Waals surface area contributed by atoms with Crippen LogP contribution in [0.3, 0.4) is 0 Å². The molecule has 0 atom stereocenters. The number of allylic oxidation sites excluding steroid dienone is 2. The molecule has 1 aliphatic heterocycles. The Morgan fingerprint density at radius 2 is 1.90 bits per heavy atom. The molecule has 3 nitrogen and oxygen atoms in total. The van der Waals surface area contributed by atoms with E-state index in [2.05, 4.69) is 32.9 Å². The fourth-order valence-electron chi connectivity index (χ4n) is 3.98. The number of nitrogens with zero attached hydrogens (tertiary/aromatic N) is 1. The Kier molecular flexibility index (Phi) is 7.90. The highest BCUT2D eigenvalue weighted by Gasteiger charge is 2.29. The van der Waals surface area contributed by atoms with Gasteiger partial charge in [-0.05, 0) is 75.5 Å². The zero-order chi connectivity index (χ0) is 21.8. The first-order chi connectivity index (χ1) is 13.5. The molecule has 1 aromatic rings. The quantitative estimate of drug-likeness (QED) is 0.525. The van der Waals surface area contributed by atoms with Crippen LogP contribution in [-0.2, 0) is 4.74 Å². The minimum absolute atomic E-state index is 0.0724. The number of likely N-dealkylation sites (tertiary alicyclic amines) is 1. The van der Waals surface area contributed by atoms with Crippen LogP contribution in [0.2, 0.25) is 0 Å². The number of amides is 1. The lowest BCUT2D eigenvalue weighted by atomic mass is 9.83. The zero-order valence-corrected chi connectivity index (χ0v) is 19.3. The molecule has 0 aromatic heterocycles. The number of hydrogen-bond acceptors (Lipinski definition) is 2. The van der Waals surface area contributed by atoms with Crippen LogP contribution in [0.4, 0.5) is 9.18 Å². The standard InChI is InChI=1S/C25H38FNO2/c1-8-9-10-20(17(2)3)22-18(4)11-12-21(23(22)26)19-13-15-27(16-14-19)24(28)29-25(5,6)7/h10-12,17,19H,8-9,13-16H2,1-7H3/b20-10-. The predicted molar refractivity (Wildman–Crippen MR) is 119 cm³/mol. The molecule has 1 amide bonds. The lowest BCUT2D eigenvalue weighted by Gasteiger charge is -2.34. The summed E-state index contributed by atoms with van der Waals surface area (Å²) in [6, 6.07) is 4.00. The second-order valence-corrected chi connectivity index (χ2v) is 9.51. The molecule has 1 saturated heterocycles. The van der Waals surface area contributed by atoms with Gasteiger partial charge in [-0.15, -0.1) is 0 Å². The van der Waals surface area contributed by atoms with Crippen LogP contribution in [0.5, 0.6) is 0 Å². The SMILES string of the molecule is CCC/C=C(\c1c(C)ccc(C2CCN(C(=O)OC(C)(C)C)CC2)c1F)C(C)C. The molecule has 0 N–H and O–H groups in total. The van der Waals surface area contributed by atoms with Crippen LogP contribution in [0.25, 0.3) is 5.57 Å². The van der Waals surface area contributed by atoms with Crippen molar-refractivity contribution in [2.24, 2.45) is 5.92 Å². The van der Waals surface area contributed by atoms with Crippen LogP contribution >= 0.6 is 0 Å². The fraction of sp³-hybridized carbons (Fsp3) is 0.640. The molecule has 1 aromatic carbocycles. The third-order valence-corrected chi connectivity index (χ3v) is 5.53. The molecule has 29 heavy (non-hydrogen) atoms. The summed E-state index contributed by atoms with van der Waals surface area (Å²) < 4.78 is 21.2. The minimum atomic E-state index is -0.496. The predicted octanol–water partition coefficient (Wildman–Crippen LogP) is 7.09. The molecule has 0 aliphatic carbocycles. The van der Waals surface area contributed by atoms with Gasteiger partial charge in [-0.25, -0.2) is 9.18 Å². The van der Waals surface area contributed by atoms with E-state index in [4.69, 9.17) is 4.74 Å². The summed E-state index contributed by atoms with van der Waals surface area (Å²) in [5.41, 5.74) is 3.17. The van der Waals surface area contributed by atoms with Gasteiger partial charge in [-0.1, -0.05) is 45.4 Å². The Morgan fingerprint density at radius 3 is 2.41 bits per heavy atom. The summed E-state index contributed by atoms with van der Waals surface area (Å²) in [5, 5.41) is 0. The highest BCUT2D eigenvalue weighted by Crippen LogP contribution is 2.36. The van der Waals surface area contributed by atoms with Gasteiger partial charge in [0.05, 0.1) is 0 Å². The summed E-state index contributed by atoms with van der Waals surface area (Å²) in [6.45, 7) is 15.2. The fourth-order valence-corrected chi connectivity index (χ4v) is 3.98. The van der Waals surface area contributed by atoms with E-state index in [1.54, 1.807) is 4.90 Å². The number of hydrogen-bond donors (Lipinski definition) is 0. The van der Waals surface area contributed by atoms with E-state index in [1.165, 1.54) is 0 Å².